The quantitative estimate of drug-likeness (QED) is 0.193. The van der Waals surface area contributed by atoms with Gasteiger partial charge in [-0.1, -0.05) is 12.8 Å². The van der Waals surface area contributed by atoms with Crippen LogP contribution in [0, 0.1) is 0 Å². The van der Waals surface area contributed by atoms with E-state index >= 15 is 0 Å². The first-order valence-corrected chi connectivity index (χ1v) is 6.22. The van der Waals surface area contributed by atoms with Crippen LogP contribution < -0.4 is 16.6 Å². The van der Waals surface area contributed by atoms with Crippen LogP contribution in [0.5, 0.6) is 0 Å². The first kappa shape index (κ1) is 14.2. The lowest BCUT2D eigenvalue weighted by Gasteiger charge is -2.11. The van der Waals surface area contributed by atoms with Gasteiger partial charge in [-0.05, 0) is 12.8 Å². The average Bonchev–Trinajstić information content (AvgIpc) is 2.85. The zero-order valence-electron chi connectivity index (χ0n) is 10.6. The molecule has 0 unspecified atom stereocenters. The molecule has 100 valence electrons. The number of ether oxygens (including phenoxy) is 2. The molecule has 6 heteroatoms. The molecular weight excluding hydrogens is 220 g/mol. The van der Waals surface area contributed by atoms with Crippen LogP contribution in [0.15, 0.2) is 4.99 Å². The molecule has 0 aliphatic heterocycles. The highest BCUT2D eigenvalue weighted by molar-refractivity contribution is 5.79. The minimum Gasteiger partial charge on any atom is -0.383 e. The predicted molar refractivity (Wildman–Crippen MR) is 67.7 cm³/mol. The summed E-state index contributed by atoms with van der Waals surface area (Å²) in [6, 6.07) is 0. The van der Waals surface area contributed by atoms with Gasteiger partial charge in [0.15, 0.2) is 0 Å². The Morgan fingerprint density at radius 2 is 2.12 bits per heavy atom. The summed E-state index contributed by atoms with van der Waals surface area (Å²) in [4.78, 5) is 4.26. The lowest BCUT2D eigenvalue weighted by atomic mass is 10.3. The van der Waals surface area contributed by atoms with Gasteiger partial charge in [-0.25, -0.2) is 10.8 Å². The zero-order chi connectivity index (χ0) is 12.3. The molecular formula is C11H24N4O2. The van der Waals surface area contributed by atoms with Crippen LogP contribution in [0.2, 0.25) is 0 Å². The molecule has 0 radical (unpaired) electrons. The van der Waals surface area contributed by atoms with Crippen LogP contribution >= 0.6 is 0 Å². The molecule has 0 aromatic heterocycles. The molecule has 0 atom stereocenters. The van der Waals surface area contributed by atoms with Crippen molar-refractivity contribution < 1.29 is 9.47 Å². The molecule has 0 heterocycles. The van der Waals surface area contributed by atoms with Crippen molar-refractivity contribution in [2.24, 2.45) is 10.8 Å². The van der Waals surface area contributed by atoms with Gasteiger partial charge in [0.1, 0.15) is 0 Å². The van der Waals surface area contributed by atoms with Gasteiger partial charge in [0.2, 0.25) is 5.96 Å². The van der Waals surface area contributed by atoms with Gasteiger partial charge in [0.05, 0.1) is 25.9 Å². The monoisotopic (exact) mass is 244 g/mol. The number of nitrogens with two attached hydrogens (primary N) is 1. The van der Waals surface area contributed by atoms with E-state index in [0.717, 1.165) is 0 Å². The first-order chi connectivity index (χ1) is 8.36. The van der Waals surface area contributed by atoms with Crippen molar-refractivity contribution in [3.8, 4) is 0 Å². The maximum atomic E-state index is 5.70. The molecule has 6 nitrogen and oxygen atoms in total. The van der Waals surface area contributed by atoms with Crippen molar-refractivity contribution in [2.75, 3.05) is 33.4 Å². The Kier molecular flexibility index (Phi) is 7.70. The second-order valence-corrected chi connectivity index (χ2v) is 4.07. The van der Waals surface area contributed by atoms with Gasteiger partial charge < -0.3 is 14.8 Å². The minimum absolute atomic E-state index is 0.445. The van der Waals surface area contributed by atoms with E-state index in [1.165, 1.54) is 25.7 Å². The summed E-state index contributed by atoms with van der Waals surface area (Å²) in [5, 5.41) is 3.03. The summed E-state index contributed by atoms with van der Waals surface area (Å²) in [5.74, 6) is 5.92. The molecule has 4 N–H and O–H groups in total. The predicted octanol–water partition coefficient (Wildman–Crippen LogP) is 0.000900. The Morgan fingerprint density at radius 1 is 1.35 bits per heavy atom. The van der Waals surface area contributed by atoms with Crippen molar-refractivity contribution in [1.82, 2.24) is 10.7 Å². The number of rotatable bonds is 7. The zero-order valence-corrected chi connectivity index (χ0v) is 10.6. The summed E-state index contributed by atoms with van der Waals surface area (Å²) in [6.07, 6.45) is 5.42. The van der Waals surface area contributed by atoms with E-state index in [1.807, 2.05) is 0 Å². The second-order valence-electron chi connectivity index (χ2n) is 4.07. The number of guanidine groups is 1. The summed E-state index contributed by atoms with van der Waals surface area (Å²) >= 11 is 0. The van der Waals surface area contributed by atoms with E-state index in [9.17, 15) is 0 Å². The van der Waals surface area contributed by atoms with Crippen LogP contribution in [-0.2, 0) is 9.47 Å². The Morgan fingerprint density at radius 3 is 2.76 bits per heavy atom. The first-order valence-electron chi connectivity index (χ1n) is 6.22. The topological polar surface area (TPSA) is 80.9 Å². The number of hydrazine groups is 1. The smallest absolute Gasteiger partial charge is 0.205 e. The molecule has 1 fully saturated rings. The maximum Gasteiger partial charge on any atom is 0.205 e. The average molecular weight is 244 g/mol. The van der Waals surface area contributed by atoms with E-state index in [4.69, 9.17) is 15.3 Å². The third-order valence-electron chi connectivity index (χ3n) is 2.75. The van der Waals surface area contributed by atoms with Gasteiger partial charge in [-0.2, -0.15) is 0 Å². The lowest BCUT2D eigenvalue weighted by molar-refractivity contribution is 0.0643. The van der Waals surface area contributed by atoms with Crippen molar-refractivity contribution in [3.05, 3.63) is 0 Å². The summed E-state index contributed by atoms with van der Waals surface area (Å²) in [6.45, 7) is 2.58. The van der Waals surface area contributed by atoms with Crippen LogP contribution in [0.25, 0.3) is 0 Å². The van der Waals surface area contributed by atoms with E-state index in [-0.39, 0.29) is 0 Å². The Hall–Kier alpha value is -0.850. The van der Waals surface area contributed by atoms with Crippen LogP contribution in [0.4, 0.5) is 0 Å². The highest BCUT2D eigenvalue weighted by Crippen LogP contribution is 2.20. The fourth-order valence-corrected chi connectivity index (χ4v) is 1.86. The SMILES string of the molecule is COCCNC(=NCCOC1CCCC1)NN. The van der Waals surface area contributed by atoms with E-state index in [0.29, 0.717) is 38.4 Å². The van der Waals surface area contributed by atoms with Gasteiger partial charge in [0.25, 0.3) is 0 Å². The lowest BCUT2D eigenvalue weighted by Crippen LogP contribution is -2.43. The highest BCUT2D eigenvalue weighted by Gasteiger charge is 2.14. The third-order valence-corrected chi connectivity index (χ3v) is 2.75. The number of methoxy groups -OCH3 is 1. The number of hydrogen-bond donors (Lipinski definition) is 3. The van der Waals surface area contributed by atoms with Crippen molar-refractivity contribution in [3.63, 3.8) is 0 Å². The fraction of sp³-hybridized carbons (Fsp3) is 0.909. The number of nitrogens with zero attached hydrogens (tertiary/aromatic N) is 1. The minimum atomic E-state index is 0.445. The van der Waals surface area contributed by atoms with Crippen molar-refractivity contribution in [1.29, 1.82) is 0 Å². The number of aliphatic imine (C=N–C) groups is 1. The standard InChI is InChI=1S/C11H24N4O2/c1-16-8-6-13-11(15-12)14-7-9-17-10-4-2-3-5-10/h10H,2-9,12H2,1H3,(H2,13,14,15). The summed E-state index contributed by atoms with van der Waals surface area (Å²) < 4.78 is 10.6. The normalized spacial score (nSPS) is 17.4. The Bertz CT molecular complexity index is 218. The number of hydrogen-bond acceptors (Lipinski definition) is 4. The molecule has 0 aromatic carbocycles. The molecule has 0 saturated heterocycles. The Balaban J connectivity index is 2.06. The summed E-state index contributed by atoms with van der Waals surface area (Å²) in [5.41, 5.74) is 2.52. The fourth-order valence-electron chi connectivity index (χ4n) is 1.86. The third kappa shape index (κ3) is 6.45. The molecule has 1 aliphatic rings. The van der Waals surface area contributed by atoms with Gasteiger partial charge in [0, 0.05) is 13.7 Å². The van der Waals surface area contributed by atoms with Crippen molar-refractivity contribution in [2.45, 2.75) is 31.8 Å². The van der Waals surface area contributed by atoms with Gasteiger partial charge in [-0.15, -0.1) is 0 Å². The molecule has 1 rings (SSSR count). The van der Waals surface area contributed by atoms with Gasteiger partial charge in [-0.3, -0.25) is 5.43 Å². The molecule has 17 heavy (non-hydrogen) atoms. The second kappa shape index (κ2) is 9.21. The summed E-state index contributed by atoms with van der Waals surface area (Å²) in [7, 11) is 1.66. The van der Waals surface area contributed by atoms with Gasteiger partial charge >= 0.3 is 0 Å². The molecule has 1 aliphatic carbocycles. The Labute approximate surface area is 103 Å². The van der Waals surface area contributed by atoms with Crippen LogP contribution in [-0.4, -0.2) is 45.5 Å². The van der Waals surface area contributed by atoms with Crippen LogP contribution in [0.3, 0.4) is 0 Å². The van der Waals surface area contributed by atoms with E-state index in [2.05, 4.69) is 15.7 Å². The molecule has 0 bridgehead atoms. The maximum absolute atomic E-state index is 5.70. The van der Waals surface area contributed by atoms with Crippen molar-refractivity contribution >= 4 is 5.96 Å². The molecule has 0 spiro atoms. The van der Waals surface area contributed by atoms with Crippen LogP contribution in [0.1, 0.15) is 25.7 Å². The largest absolute Gasteiger partial charge is 0.383 e. The number of nitrogens with one attached hydrogen (secondary N) is 2. The highest BCUT2D eigenvalue weighted by atomic mass is 16.5. The molecule has 0 amide bonds. The molecule has 0 aromatic rings. The van der Waals surface area contributed by atoms with E-state index < -0.39 is 0 Å². The molecule has 1 saturated carbocycles. The van der Waals surface area contributed by atoms with E-state index in [1.54, 1.807) is 7.11 Å².